The van der Waals surface area contributed by atoms with Crippen LogP contribution in [-0.2, 0) is 0 Å². The van der Waals surface area contributed by atoms with E-state index in [1.807, 2.05) is 0 Å². The summed E-state index contributed by atoms with van der Waals surface area (Å²) in [5.74, 6) is 0.826. The summed E-state index contributed by atoms with van der Waals surface area (Å²) in [4.78, 5) is 0. The molecule has 0 amide bonds. The lowest BCUT2D eigenvalue weighted by Gasteiger charge is -2.51. The molecule has 0 radical (unpaired) electrons. The molecule has 1 atom stereocenters. The van der Waals surface area contributed by atoms with Gasteiger partial charge in [0, 0.05) is 0 Å². The minimum Gasteiger partial charge on any atom is -0.0651 e. The van der Waals surface area contributed by atoms with Crippen molar-refractivity contribution in [2.75, 3.05) is 0 Å². The molecule has 0 aromatic carbocycles. The molecule has 0 N–H and O–H groups in total. The van der Waals surface area contributed by atoms with Gasteiger partial charge in [0.25, 0.3) is 0 Å². The molecule has 0 fully saturated rings. The molecule has 0 heterocycles. The van der Waals surface area contributed by atoms with Crippen LogP contribution in [0, 0.1) is 27.6 Å². The van der Waals surface area contributed by atoms with E-state index < -0.39 is 0 Å². The van der Waals surface area contributed by atoms with Gasteiger partial charge < -0.3 is 0 Å². The van der Waals surface area contributed by atoms with Gasteiger partial charge in [-0.3, -0.25) is 0 Å². The number of hydrogen-bond acceptors (Lipinski definition) is 0. The highest BCUT2D eigenvalue weighted by atomic mass is 14.5. The molecular weight excluding hydrogens is 228 g/mol. The van der Waals surface area contributed by atoms with Crippen LogP contribution >= 0.6 is 0 Å². The van der Waals surface area contributed by atoms with Gasteiger partial charge in [0.05, 0.1) is 0 Å². The first kappa shape index (κ1) is 19.0. The summed E-state index contributed by atoms with van der Waals surface area (Å²) in [6.45, 7) is 26.6. The second kappa shape index (κ2) is 5.78. The topological polar surface area (TPSA) is 0 Å². The first-order chi connectivity index (χ1) is 8.16. The fourth-order valence-electron chi connectivity index (χ4n) is 2.90. The molecule has 0 spiro atoms. The molecule has 19 heavy (non-hydrogen) atoms. The van der Waals surface area contributed by atoms with Crippen LogP contribution in [0.4, 0.5) is 0 Å². The fraction of sp³-hybridized carbons (Fsp3) is 1.00. The Balaban J connectivity index is 5.06. The van der Waals surface area contributed by atoms with Crippen LogP contribution in [0.15, 0.2) is 0 Å². The van der Waals surface area contributed by atoms with Crippen molar-refractivity contribution in [2.45, 2.75) is 95.4 Å². The smallest absolute Gasteiger partial charge is 0.0298 e. The predicted octanol–water partition coefficient (Wildman–Crippen LogP) is 6.94. The predicted molar refractivity (Wildman–Crippen MR) is 89.5 cm³/mol. The van der Waals surface area contributed by atoms with Gasteiger partial charge in [0.15, 0.2) is 0 Å². The zero-order chi connectivity index (χ0) is 15.7. The molecule has 0 heteroatoms. The number of rotatable bonds is 6. The third kappa shape index (κ3) is 4.80. The van der Waals surface area contributed by atoms with Gasteiger partial charge in [-0.2, -0.15) is 0 Å². The summed E-state index contributed by atoms with van der Waals surface area (Å²) in [6.07, 6.45) is 3.91. The van der Waals surface area contributed by atoms with E-state index in [1.165, 1.54) is 19.3 Å². The second-order valence-electron chi connectivity index (χ2n) is 9.80. The summed E-state index contributed by atoms with van der Waals surface area (Å²) in [5.41, 5.74) is 1.48. The summed E-state index contributed by atoms with van der Waals surface area (Å²) in [7, 11) is 0. The van der Waals surface area contributed by atoms with Crippen molar-refractivity contribution in [1.29, 1.82) is 0 Å². The van der Waals surface area contributed by atoms with Crippen LogP contribution < -0.4 is 0 Å². The first-order valence-electron chi connectivity index (χ1n) is 8.16. The molecule has 0 aromatic heterocycles. The van der Waals surface area contributed by atoms with Crippen molar-refractivity contribution in [2.24, 2.45) is 27.6 Å². The molecule has 0 nitrogen and oxygen atoms in total. The molecule has 0 rings (SSSR count). The average Bonchev–Trinajstić information content (AvgIpc) is 2.12. The quantitative estimate of drug-likeness (QED) is 0.489. The van der Waals surface area contributed by atoms with Crippen molar-refractivity contribution in [1.82, 2.24) is 0 Å². The van der Waals surface area contributed by atoms with Gasteiger partial charge in [-0.25, -0.2) is 0 Å². The van der Waals surface area contributed by atoms with Crippen LogP contribution in [0.25, 0.3) is 0 Å². The third-order valence-corrected chi connectivity index (χ3v) is 6.30. The Morgan fingerprint density at radius 3 is 1.42 bits per heavy atom. The van der Waals surface area contributed by atoms with E-state index in [-0.39, 0.29) is 0 Å². The lowest BCUT2D eigenvalue weighted by Crippen LogP contribution is -2.41. The van der Waals surface area contributed by atoms with Crippen LogP contribution in [0.1, 0.15) is 95.4 Å². The zero-order valence-corrected chi connectivity index (χ0v) is 15.7. The van der Waals surface area contributed by atoms with E-state index in [1.54, 1.807) is 0 Å². The van der Waals surface area contributed by atoms with Gasteiger partial charge in [0.1, 0.15) is 0 Å². The highest BCUT2D eigenvalue weighted by molar-refractivity contribution is 4.94. The highest BCUT2D eigenvalue weighted by Crippen LogP contribution is 2.54. The maximum atomic E-state index is 2.48. The average molecular weight is 269 g/mol. The summed E-state index contributed by atoms with van der Waals surface area (Å²) in [6, 6.07) is 0. The van der Waals surface area contributed by atoms with Gasteiger partial charge in [-0.05, 0) is 40.4 Å². The van der Waals surface area contributed by atoms with Crippen molar-refractivity contribution in [3.63, 3.8) is 0 Å². The minimum absolute atomic E-state index is 0.358. The summed E-state index contributed by atoms with van der Waals surface area (Å²) >= 11 is 0. The van der Waals surface area contributed by atoms with Gasteiger partial charge in [-0.15, -0.1) is 0 Å². The minimum atomic E-state index is 0.358. The standard InChI is InChI=1S/C19H40/c1-12-15(2)13-17(6,7)19(10,11)14-18(8,9)16(3,4)5/h15H,12-14H2,1-11H3. The lowest BCUT2D eigenvalue weighted by molar-refractivity contribution is -0.00874. The van der Waals surface area contributed by atoms with E-state index in [4.69, 9.17) is 0 Å². The Hall–Kier alpha value is 0. The molecule has 0 bridgehead atoms. The second-order valence-corrected chi connectivity index (χ2v) is 9.80. The Bertz CT molecular complexity index is 273. The molecule has 0 aromatic rings. The van der Waals surface area contributed by atoms with Gasteiger partial charge in [0.2, 0.25) is 0 Å². The molecule has 0 aliphatic rings. The first-order valence-corrected chi connectivity index (χ1v) is 8.16. The molecule has 0 aliphatic carbocycles. The van der Waals surface area contributed by atoms with E-state index in [2.05, 4.69) is 76.2 Å². The van der Waals surface area contributed by atoms with Crippen molar-refractivity contribution in [3.05, 3.63) is 0 Å². The summed E-state index contributed by atoms with van der Waals surface area (Å²) < 4.78 is 0. The normalized spacial score (nSPS) is 16.6. The SMILES string of the molecule is CCC(C)CC(C)(C)C(C)(C)CC(C)(C)C(C)(C)C. The Labute approximate surface area is 123 Å². The molecular formula is C19H40. The van der Waals surface area contributed by atoms with Crippen LogP contribution in [0.5, 0.6) is 0 Å². The Morgan fingerprint density at radius 2 is 1.11 bits per heavy atom. The van der Waals surface area contributed by atoms with Gasteiger partial charge >= 0.3 is 0 Å². The van der Waals surface area contributed by atoms with E-state index >= 15 is 0 Å². The van der Waals surface area contributed by atoms with Crippen LogP contribution in [-0.4, -0.2) is 0 Å². The molecule has 0 saturated heterocycles. The lowest BCUT2D eigenvalue weighted by atomic mass is 9.54. The van der Waals surface area contributed by atoms with Crippen molar-refractivity contribution in [3.8, 4) is 0 Å². The maximum Gasteiger partial charge on any atom is -0.0298 e. The van der Waals surface area contributed by atoms with Crippen LogP contribution in [0.2, 0.25) is 0 Å². The number of hydrogen-bond donors (Lipinski definition) is 0. The van der Waals surface area contributed by atoms with E-state index in [0.717, 1.165) is 5.92 Å². The monoisotopic (exact) mass is 268 g/mol. The molecule has 0 aliphatic heterocycles. The van der Waals surface area contributed by atoms with E-state index in [0.29, 0.717) is 21.7 Å². The molecule has 116 valence electrons. The summed E-state index contributed by atoms with van der Waals surface area (Å²) in [5, 5.41) is 0. The molecule has 1 unspecified atom stereocenters. The Morgan fingerprint density at radius 1 is 0.684 bits per heavy atom. The Kier molecular flexibility index (Phi) is 5.78. The van der Waals surface area contributed by atoms with Crippen molar-refractivity contribution < 1.29 is 0 Å². The van der Waals surface area contributed by atoms with E-state index in [9.17, 15) is 0 Å². The van der Waals surface area contributed by atoms with Gasteiger partial charge in [-0.1, -0.05) is 82.6 Å². The maximum absolute atomic E-state index is 2.48. The zero-order valence-electron chi connectivity index (χ0n) is 15.7. The fourth-order valence-corrected chi connectivity index (χ4v) is 2.90. The largest absolute Gasteiger partial charge is 0.0651 e. The highest BCUT2D eigenvalue weighted by Gasteiger charge is 2.44. The molecule has 0 saturated carbocycles. The van der Waals surface area contributed by atoms with Crippen molar-refractivity contribution >= 4 is 0 Å². The van der Waals surface area contributed by atoms with Crippen LogP contribution in [0.3, 0.4) is 0 Å². The third-order valence-electron chi connectivity index (χ3n) is 6.30.